The van der Waals surface area contributed by atoms with Crippen LogP contribution in [0.3, 0.4) is 0 Å². The molecular formula is C12H14O4. The van der Waals surface area contributed by atoms with Gasteiger partial charge in [0.1, 0.15) is 5.76 Å². The van der Waals surface area contributed by atoms with Gasteiger partial charge in [0.05, 0.1) is 6.26 Å². The zero-order valence-corrected chi connectivity index (χ0v) is 9.57. The van der Waals surface area contributed by atoms with E-state index in [1.165, 1.54) is 12.3 Å². The number of aryl methyl sites for hydroxylation is 1. The first-order chi connectivity index (χ1) is 7.56. The molecule has 1 aromatic rings. The molecule has 0 radical (unpaired) electrons. The summed E-state index contributed by atoms with van der Waals surface area (Å²) in [4.78, 5) is 22.9. The Morgan fingerprint density at radius 1 is 1.56 bits per heavy atom. The van der Waals surface area contributed by atoms with Crippen molar-refractivity contribution in [2.24, 2.45) is 0 Å². The van der Waals surface area contributed by atoms with Crippen molar-refractivity contribution in [1.82, 2.24) is 0 Å². The minimum absolute atomic E-state index is 0.0450. The van der Waals surface area contributed by atoms with E-state index in [0.29, 0.717) is 11.3 Å². The summed E-state index contributed by atoms with van der Waals surface area (Å²) < 4.78 is 9.96. The Bertz CT molecular complexity index is 468. The van der Waals surface area contributed by atoms with Crippen LogP contribution in [0.1, 0.15) is 26.0 Å². The second-order valence-corrected chi connectivity index (χ2v) is 3.36. The summed E-state index contributed by atoms with van der Waals surface area (Å²) in [5, 5.41) is 0. The highest BCUT2D eigenvalue weighted by atomic mass is 16.5. The highest BCUT2D eigenvalue weighted by molar-refractivity contribution is 5.89. The number of hydrogen-bond acceptors (Lipinski definition) is 4. The molecular weight excluding hydrogens is 208 g/mol. The van der Waals surface area contributed by atoms with Gasteiger partial charge < -0.3 is 9.15 Å². The van der Waals surface area contributed by atoms with Gasteiger partial charge in [0.2, 0.25) is 11.2 Å². The van der Waals surface area contributed by atoms with Gasteiger partial charge in [0.15, 0.2) is 0 Å². The molecule has 4 heteroatoms. The van der Waals surface area contributed by atoms with E-state index in [2.05, 4.69) is 0 Å². The SMILES string of the molecule is CC/C=C(/C)C(=O)Oc1c(C)occc1=O. The summed E-state index contributed by atoms with van der Waals surface area (Å²) in [6.07, 6.45) is 3.75. The van der Waals surface area contributed by atoms with E-state index in [1.807, 2.05) is 6.92 Å². The Hall–Kier alpha value is -1.84. The highest BCUT2D eigenvalue weighted by Gasteiger charge is 2.13. The zero-order valence-electron chi connectivity index (χ0n) is 9.57. The fourth-order valence-electron chi connectivity index (χ4n) is 1.19. The standard InChI is InChI=1S/C12H14O4/c1-4-5-8(2)12(14)16-11-9(3)15-7-6-10(11)13/h5-7H,4H2,1-3H3/b8-5-. The fraction of sp³-hybridized carbons (Fsp3) is 0.333. The predicted octanol–water partition coefficient (Wildman–Crippen LogP) is 2.21. The molecule has 16 heavy (non-hydrogen) atoms. The minimum atomic E-state index is -0.525. The zero-order chi connectivity index (χ0) is 12.1. The second kappa shape index (κ2) is 5.30. The average molecular weight is 222 g/mol. The molecule has 0 spiro atoms. The molecule has 0 unspecified atom stereocenters. The van der Waals surface area contributed by atoms with Crippen molar-refractivity contribution in [3.63, 3.8) is 0 Å². The van der Waals surface area contributed by atoms with Gasteiger partial charge in [-0.1, -0.05) is 13.0 Å². The Morgan fingerprint density at radius 3 is 2.81 bits per heavy atom. The van der Waals surface area contributed by atoms with E-state index in [4.69, 9.17) is 9.15 Å². The van der Waals surface area contributed by atoms with Crippen LogP contribution in [0.15, 0.2) is 33.2 Å². The first-order valence-corrected chi connectivity index (χ1v) is 5.03. The Kier molecular flexibility index (Phi) is 4.05. The van der Waals surface area contributed by atoms with Crippen LogP contribution in [0, 0.1) is 6.92 Å². The maximum Gasteiger partial charge on any atom is 0.339 e. The van der Waals surface area contributed by atoms with Gasteiger partial charge in [-0.25, -0.2) is 4.79 Å². The first-order valence-electron chi connectivity index (χ1n) is 5.03. The summed E-state index contributed by atoms with van der Waals surface area (Å²) >= 11 is 0. The molecule has 1 heterocycles. The minimum Gasteiger partial charge on any atom is -0.465 e. The van der Waals surface area contributed by atoms with Crippen molar-refractivity contribution in [3.8, 4) is 5.75 Å². The van der Waals surface area contributed by atoms with Crippen molar-refractivity contribution in [1.29, 1.82) is 0 Å². The molecule has 0 aliphatic rings. The lowest BCUT2D eigenvalue weighted by atomic mass is 10.2. The van der Waals surface area contributed by atoms with Crippen LogP contribution in [0.4, 0.5) is 0 Å². The molecule has 0 aliphatic carbocycles. The van der Waals surface area contributed by atoms with Crippen molar-refractivity contribution >= 4 is 5.97 Å². The summed E-state index contributed by atoms with van der Waals surface area (Å²) in [6.45, 7) is 5.13. The smallest absolute Gasteiger partial charge is 0.339 e. The molecule has 0 atom stereocenters. The first kappa shape index (κ1) is 12.2. The van der Waals surface area contributed by atoms with Crippen LogP contribution in [-0.4, -0.2) is 5.97 Å². The summed E-state index contributed by atoms with van der Waals surface area (Å²) in [6, 6.07) is 1.22. The molecule has 0 amide bonds. The van der Waals surface area contributed by atoms with Crippen LogP contribution in [-0.2, 0) is 4.79 Å². The van der Waals surface area contributed by atoms with E-state index < -0.39 is 5.97 Å². The fourth-order valence-corrected chi connectivity index (χ4v) is 1.19. The third-order valence-corrected chi connectivity index (χ3v) is 2.03. The van der Waals surface area contributed by atoms with Gasteiger partial charge in [0, 0.05) is 11.6 Å². The molecule has 0 saturated carbocycles. The lowest BCUT2D eigenvalue weighted by molar-refractivity contribution is -0.130. The molecule has 0 aliphatic heterocycles. The van der Waals surface area contributed by atoms with Crippen LogP contribution < -0.4 is 10.2 Å². The van der Waals surface area contributed by atoms with Crippen LogP contribution in [0.5, 0.6) is 5.75 Å². The Balaban J connectivity index is 2.94. The van der Waals surface area contributed by atoms with Crippen LogP contribution in [0.2, 0.25) is 0 Å². The van der Waals surface area contributed by atoms with Gasteiger partial charge in [0.25, 0.3) is 0 Å². The van der Waals surface area contributed by atoms with Crippen molar-refractivity contribution < 1.29 is 13.9 Å². The van der Waals surface area contributed by atoms with Crippen molar-refractivity contribution in [2.75, 3.05) is 0 Å². The number of rotatable bonds is 3. The number of allylic oxidation sites excluding steroid dienone is 1. The Labute approximate surface area is 93.5 Å². The Morgan fingerprint density at radius 2 is 2.25 bits per heavy atom. The average Bonchev–Trinajstić information content (AvgIpc) is 2.23. The highest BCUT2D eigenvalue weighted by Crippen LogP contribution is 2.12. The third-order valence-electron chi connectivity index (χ3n) is 2.03. The topological polar surface area (TPSA) is 56.5 Å². The van der Waals surface area contributed by atoms with Crippen LogP contribution >= 0.6 is 0 Å². The molecule has 0 fully saturated rings. The van der Waals surface area contributed by atoms with Gasteiger partial charge in [-0.3, -0.25) is 4.79 Å². The number of carbonyl (C=O) groups excluding carboxylic acids is 1. The van der Waals surface area contributed by atoms with E-state index in [1.54, 1.807) is 19.9 Å². The quantitative estimate of drug-likeness (QED) is 0.581. The van der Waals surface area contributed by atoms with Gasteiger partial charge in [-0.05, 0) is 20.3 Å². The van der Waals surface area contributed by atoms with E-state index >= 15 is 0 Å². The van der Waals surface area contributed by atoms with Gasteiger partial charge in [-0.15, -0.1) is 0 Å². The third kappa shape index (κ3) is 2.82. The second-order valence-electron chi connectivity index (χ2n) is 3.36. The summed E-state index contributed by atoms with van der Waals surface area (Å²) in [7, 11) is 0. The number of esters is 1. The molecule has 4 nitrogen and oxygen atoms in total. The lowest BCUT2D eigenvalue weighted by Crippen LogP contribution is -2.15. The largest absolute Gasteiger partial charge is 0.465 e. The number of hydrogen-bond donors (Lipinski definition) is 0. The lowest BCUT2D eigenvalue weighted by Gasteiger charge is -2.04. The van der Waals surface area contributed by atoms with E-state index in [0.717, 1.165) is 6.42 Å². The van der Waals surface area contributed by atoms with Crippen LogP contribution in [0.25, 0.3) is 0 Å². The molecule has 1 rings (SSSR count). The van der Waals surface area contributed by atoms with E-state index in [9.17, 15) is 9.59 Å². The molecule has 0 bridgehead atoms. The maximum absolute atomic E-state index is 11.5. The molecule has 86 valence electrons. The van der Waals surface area contributed by atoms with Crippen molar-refractivity contribution in [3.05, 3.63) is 40.0 Å². The number of ether oxygens (including phenoxy) is 1. The van der Waals surface area contributed by atoms with E-state index in [-0.39, 0.29) is 11.2 Å². The maximum atomic E-state index is 11.5. The monoisotopic (exact) mass is 222 g/mol. The van der Waals surface area contributed by atoms with Gasteiger partial charge >= 0.3 is 5.97 Å². The predicted molar refractivity (Wildman–Crippen MR) is 59.4 cm³/mol. The summed E-state index contributed by atoms with van der Waals surface area (Å²) in [5.74, 6) is -0.273. The van der Waals surface area contributed by atoms with Gasteiger partial charge in [-0.2, -0.15) is 0 Å². The summed E-state index contributed by atoms with van der Waals surface area (Å²) in [5.41, 5.74) is 0.117. The number of carbonyl (C=O) groups is 1. The molecule has 0 aromatic carbocycles. The molecule has 1 aromatic heterocycles. The van der Waals surface area contributed by atoms with Crippen molar-refractivity contribution in [2.45, 2.75) is 27.2 Å². The normalized spacial score (nSPS) is 11.3. The molecule has 0 saturated heterocycles. The molecule has 0 N–H and O–H groups in total.